The van der Waals surface area contributed by atoms with Gasteiger partial charge < -0.3 is 10.2 Å². The zero-order valence-corrected chi connectivity index (χ0v) is 19.1. The molecule has 0 aliphatic carbocycles. The first-order valence-electron chi connectivity index (χ1n) is 10.7. The Labute approximate surface area is 183 Å². The Kier molecular flexibility index (Phi) is 6.02. The molecule has 0 radical (unpaired) electrons. The van der Waals surface area contributed by atoms with E-state index in [0.717, 1.165) is 24.0 Å². The molecule has 31 heavy (non-hydrogen) atoms. The molecule has 0 bridgehead atoms. The molecule has 0 aromatic carbocycles. The summed E-state index contributed by atoms with van der Waals surface area (Å²) in [5.41, 5.74) is 1.90. The van der Waals surface area contributed by atoms with Crippen LogP contribution in [0.3, 0.4) is 0 Å². The Morgan fingerprint density at radius 3 is 2.48 bits per heavy atom. The lowest BCUT2D eigenvalue weighted by atomic mass is 10.1. The predicted octanol–water partition coefficient (Wildman–Crippen LogP) is 1.95. The molecule has 10 heteroatoms. The van der Waals surface area contributed by atoms with Gasteiger partial charge in [-0.1, -0.05) is 0 Å². The summed E-state index contributed by atoms with van der Waals surface area (Å²) >= 11 is 0. The maximum absolute atomic E-state index is 13.5. The lowest BCUT2D eigenvalue weighted by Gasteiger charge is -2.33. The summed E-state index contributed by atoms with van der Waals surface area (Å²) in [7, 11) is -1.93. The average molecular weight is 447 g/mol. The lowest BCUT2D eigenvalue weighted by Crippen LogP contribution is -2.44. The number of anilines is 1. The third-order valence-corrected chi connectivity index (χ3v) is 8.01. The molecule has 2 fully saturated rings. The van der Waals surface area contributed by atoms with Crippen molar-refractivity contribution in [1.29, 1.82) is 0 Å². The highest BCUT2D eigenvalue weighted by Gasteiger charge is 2.33. The summed E-state index contributed by atoms with van der Waals surface area (Å²) < 4.78 is 30.5. The number of aryl methyl sites for hydroxylation is 2. The molecule has 2 aromatic heterocycles. The molecule has 0 spiro atoms. The molecule has 2 aromatic rings. The van der Waals surface area contributed by atoms with Crippen LogP contribution in [0.25, 0.3) is 0 Å². The molecule has 0 saturated carbocycles. The van der Waals surface area contributed by atoms with E-state index in [1.807, 2.05) is 30.9 Å². The number of nitrogens with zero attached hydrogens (tertiary/aromatic N) is 5. The summed E-state index contributed by atoms with van der Waals surface area (Å²) in [5.74, 6) is 0.473. The maximum Gasteiger partial charge on any atom is 0.246 e. The van der Waals surface area contributed by atoms with Crippen molar-refractivity contribution in [2.45, 2.75) is 56.5 Å². The van der Waals surface area contributed by atoms with Crippen LogP contribution in [-0.4, -0.2) is 71.0 Å². The van der Waals surface area contributed by atoms with E-state index >= 15 is 0 Å². The average Bonchev–Trinajstić information content (AvgIpc) is 3.18. The van der Waals surface area contributed by atoms with E-state index in [1.165, 1.54) is 0 Å². The second-order valence-corrected chi connectivity index (χ2v) is 10.6. The van der Waals surface area contributed by atoms with Crippen molar-refractivity contribution in [3.05, 3.63) is 35.8 Å². The molecule has 2 aliphatic heterocycles. The Morgan fingerprint density at radius 2 is 1.84 bits per heavy atom. The van der Waals surface area contributed by atoms with Crippen LogP contribution in [0, 0.1) is 13.8 Å². The first-order valence-corrected chi connectivity index (χ1v) is 12.2. The minimum atomic E-state index is -3.69. The lowest BCUT2D eigenvalue weighted by molar-refractivity contribution is -0.132. The van der Waals surface area contributed by atoms with Crippen LogP contribution in [0.4, 0.5) is 5.82 Å². The number of pyridine rings is 1. The monoisotopic (exact) mass is 446 g/mol. The number of rotatable bonds is 5. The minimum absolute atomic E-state index is 0.0272. The summed E-state index contributed by atoms with van der Waals surface area (Å²) in [6.07, 6.45) is 8.06. The highest BCUT2D eigenvalue weighted by molar-refractivity contribution is 7.89. The number of hydrogen-bond acceptors (Lipinski definition) is 6. The SMILES string of the molecule is Cc1cnc(NC2CCC(=O)N(C)C2)c(S(=O)(=O)N2CCC(n3cc(C)cn3)CC2)c1. The zero-order valence-electron chi connectivity index (χ0n) is 18.3. The van der Waals surface area contributed by atoms with E-state index in [2.05, 4.69) is 15.4 Å². The van der Waals surface area contributed by atoms with Gasteiger partial charge >= 0.3 is 0 Å². The molecular formula is C21H30N6O3S. The predicted molar refractivity (Wildman–Crippen MR) is 117 cm³/mol. The smallest absolute Gasteiger partial charge is 0.246 e. The van der Waals surface area contributed by atoms with Crippen molar-refractivity contribution in [2.24, 2.45) is 0 Å². The van der Waals surface area contributed by atoms with Gasteiger partial charge in [-0.25, -0.2) is 13.4 Å². The van der Waals surface area contributed by atoms with Gasteiger partial charge in [0, 0.05) is 51.5 Å². The number of aromatic nitrogens is 3. The number of nitrogens with one attached hydrogen (secondary N) is 1. The number of sulfonamides is 1. The third kappa shape index (κ3) is 4.59. The van der Waals surface area contributed by atoms with Crippen molar-refractivity contribution in [1.82, 2.24) is 24.0 Å². The molecule has 1 N–H and O–H groups in total. The number of likely N-dealkylation sites (tertiary alicyclic amines) is 1. The van der Waals surface area contributed by atoms with Gasteiger partial charge in [-0.05, 0) is 50.3 Å². The standard InChI is InChI=1S/C21H30N6O3S/c1-15-10-19(21(22-11-15)24-17-4-5-20(28)25(3)14-17)31(29,30)26-8-6-18(7-9-26)27-13-16(2)12-23-27/h10-13,17-18H,4-9,14H2,1-3H3,(H,22,24). The Bertz CT molecular complexity index is 1060. The van der Waals surface area contributed by atoms with Gasteiger partial charge in [0.1, 0.15) is 10.7 Å². The first kappa shape index (κ1) is 21.8. The van der Waals surface area contributed by atoms with Crippen LogP contribution in [0.1, 0.15) is 42.9 Å². The van der Waals surface area contributed by atoms with E-state index in [1.54, 1.807) is 28.5 Å². The van der Waals surface area contributed by atoms with E-state index in [-0.39, 0.29) is 22.9 Å². The van der Waals surface area contributed by atoms with Gasteiger partial charge in [0.15, 0.2) is 0 Å². The van der Waals surface area contributed by atoms with Crippen LogP contribution >= 0.6 is 0 Å². The summed E-state index contributed by atoms with van der Waals surface area (Å²) in [4.78, 5) is 18.1. The van der Waals surface area contributed by atoms with Gasteiger partial charge in [0.2, 0.25) is 15.9 Å². The number of carbonyl (C=O) groups excluding carboxylic acids is 1. The molecule has 168 valence electrons. The number of piperidine rings is 2. The van der Waals surface area contributed by atoms with E-state index in [9.17, 15) is 13.2 Å². The molecule has 1 atom stereocenters. The van der Waals surface area contributed by atoms with Crippen molar-refractivity contribution < 1.29 is 13.2 Å². The molecule has 4 heterocycles. The molecule has 2 saturated heterocycles. The molecule has 1 amide bonds. The highest BCUT2D eigenvalue weighted by atomic mass is 32.2. The highest BCUT2D eigenvalue weighted by Crippen LogP contribution is 2.30. The maximum atomic E-state index is 13.5. The Morgan fingerprint density at radius 1 is 1.10 bits per heavy atom. The van der Waals surface area contributed by atoms with Gasteiger partial charge in [0.05, 0.1) is 12.2 Å². The van der Waals surface area contributed by atoms with Crippen molar-refractivity contribution in [3.63, 3.8) is 0 Å². The largest absolute Gasteiger partial charge is 0.364 e. The third-order valence-electron chi connectivity index (χ3n) is 6.10. The topological polar surface area (TPSA) is 100 Å². The number of likely N-dealkylation sites (N-methyl/N-ethyl adjacent to an activating group) is 1. The number of hydrogen-bond donors (Lipinski definition) is 1. The van der Waals surface area contributed by atoms with Gasteiger partial charge in [0.25, 0.3) is 0 Å². The van der Waals surface area contributed by atoms with Crippen LogP contribution < -0.4 is 5.32 Å². The second kappa shape index (κ2) is 8.58. The van der Waals surface area contributed by atoms with Crippen molar-refractivity contribution in [2.75, 3.05) is 32.0 Å². The van der Waals surface area contributed by atoms with Crippen LogP contribution in [0.5, 0.6) is 0 Å². The number of amides is 1. The number of carbonyl (C=O) groups is 1. The van der Waals surface area contributed by atoms with Crippen LogP contribution in [0.2, 0.25) is 0 Å². The van der Waals surface area contributed by atoms with Gasteiger partial charge in [-0.2, -0.15) is 9.40 Å². The zero-order chi connectivity index (χ0) is 22.2. The van der Waals surface area contributed by atoms with Gasteiger partial charge in [-0.3, -0.25) is 9.48 Å². The fraction of sp³-hybridized carbons (Fsp3) is 0.571. The summed E-state index contributed by atoms with van der Waals surface area (Å²) in [6, 6.07) is 1.87. The van der Waals surface area contributed by atoms with Crippen molar-refractivity contribution >= 4 is 21.7 Å². The van der Waals surface area contributed by atoms with E-state index in [0.29, 0.717) is 38.3 Å². The first-order chi connectivity index (χ1) is 14.7. The summed E-state index contributed by atoms with van der Waals surface area (Å²) in [6.45, 7) is 5.26. The fourth-order valence-corrected chi connectivity index (χ4v) is 5.95. The molecule has 2 aliphatic rings. The normalized spacial score (nSPS) is 21.5. The van der Waals surface area contributed by atoms with E-state index < -0.39 is 10.0 Å². The molecular weight excluding hydrogens is 416 g/mol. The quantitative estimate of drug-likeness (QED) is 0.754. The molecule has 1 unspecified atom stereocenters. The van der Waals surface area contributed by atoms with Crippen LogP contribution in [-0.2, 0) is 14.8 Å². The van der Waals surface area contributed by atoms with Gasteiger partial charge in [-0.15, -0.1) is 0 Å². The van der Waals surface area contributed by atoms with Crippen molar-refractivity contribution in [3.8, 4) is 0 Å². The Balaban J connectivity index is 1.51. The molecule has 4 rings (SSSR count). The summed E-state index contributed by atoms with van der Waals surface area (Å²) in [5, 5.41) is 7.67. The minimum Gasteiger partial charge on any atom is -0.364 e. The van der Waals surface area contributed by atoms with Crippen LogP contribution in [0.15, 0.2) is 29.6 Å². The second-order valence-electron chi connectivity index (χ2n) is 8.65. The fourth-order valence-electron chi connectivity index (χ4n) is 4.29. The Hall–Kier alpha value is -2.46. The molecule has 9 nitrogen and oxygen atoms in total. The van der Waals surface area contributed by atoms with E-state index in [4.69, 9.17) is 0 Å².